The van der Waals surface area contributed by atoms with E-state index in [1.165, 1.54) is 0 Å². The molecule has 2 heterocycles. The van der Waals surface area contributed by atoms with Gasteiger partial charge in [-0.3, -0.25) is 4.79 Å². The van der Waals surface area contributed by atoms with Crippen LogP contribution in [0.15, 0.2) is 43.0 Å². The summed E-state index contributed by atoms with van der Waals surface area (Å²) >= 11 is 0. The Morgan fingerprint density at radius 1 is 1.44 bits per heavy atom. The number of β-amino-alcohol motifs (C(OH)–C–C–N with tert-alkyl or cyclic N) is 1. The van der Waals surface area contributed by atoms with Gasteiger partial charge in [0.1, 0.15) is 24.5 Å². The van der Waals surface area contributed by atoms with Crippen molar-refractivity contribution in [3.8, 4) is 5.75 Å². The molecule has 1 amide bonds. The Morgan fingerprint density at radius 3 is 3.04 bits per heavy atom. The third-order valence-electron chi connectivity index (χ3n) is 4.18. The fourth-order valence-corrected chi connectivity index (χ4v) is 2.78. The second-order valence-electron chi connectivity index (χ2n) is 6.38. The maximum Gasteiger partial charge on any atom is 0.242 e. The van der Waals surface area contributed by atoms with Gasteiger partial charge in [-0.1, -0.05) is 18.2 Å². The molecule has 1 aliphatic heterocycles. The summed E-state index contributed by atoms with van der Waals surface area (Å²) in [5.74, 6) is 0.634. The van der Waals surface area contributed by atoms with Gasteiger partial charge < -0.3 is 24.0 Å². The van der Waals surface area contributed by atoms with E-state index in [1.807, 2.05) is 31.2 Å². The maximum atomic E-state index is 12.5. The van der Waals surface area contributed by atoms with Crippen molar-refractivity contribution in [1.82, 2.24) is 14.5 Å². The van der Waals surface area contributed by atoms with Crippen LogP contribution in [0.25, 0.3) is 0 Å². The Balaban J connectivity index is 1.63. The van der Waals surface area contributed by atoms with Crippen molar-refractivity contribution in [2.45, 2.75) is 19.1 Å². The third-order valence-corrected chi connectivity index (χ3v) is 4.18. The highest BCUT2D eigenvalue weighted by Gasteiger charge is 2.35. The van der Waals surface area contributed by atoms with Gasteiger partial charge in [0.25, 0.3) is 0 Å². The van der Waals surface area contributed by atoms with Gasteiger partial charge in [0.15, 0.2) is 0 Å². The lowest BCUT2D eigenvalue weighted by molar-refractivity contribution is -0.135. The van der Waals surface area contributed by atoms with E-state index in [2.05, 4.69) is 4.98 Å². The molecule has 0 spiro atoms. The highest BCUT2D eigenvalue weighted by atomic mass is 16.5. The summed E-state index contributed by atoms with van der Waals surface area (Å²) in [6.45, 7) is 3.34. The number of aliphatic hydroxyl groups is 1. The van der Waals surface area contributed by atoms with E-state index in [0.29, 0.717) is 13.2 Å². The van der Waals surface area contributed by atoms with E-state index in [9.17, 15) is 9.90 Å². The zero-order valence-corrected chi connectivity index (χ0v) is 14.3. The number of nitrogens with zero attached hydrogens (tertiary/aromatic N) is 3. The van der Waals surface area contributed by atoms with Gasteiger partial charge in [0.05, 0.1) is 26.1 Å². The van der Waals surface area contributed by atoms with Crippen LogP contribution in [0.1, 0.15) is 5.56 Å². The number of imidazole rings is 1. The van der Waals surface area contributed by atoms with Crippen molar-refractivity contribution in [3.63, 3.8) is 0 Å². The van der Waals surface area contributed by atoms with E-state index in [0.717, 1.165) is 11.3 Å². The molecule has 0 saturated carbocycles. The highest BCUT2D eigenvalue weighted by molar-refractivity contribution is 5.76. The van der Waals surface area contributed by atoms with E-state index >= 15 is 0 Å². The molecule has 1 atom stereocenters. The fourth-order valence-electron chi connectivity index (χ4n) is 2.78. The van der Waals surface area contributed by atoms with Crippen LogP contribution < -0.4 is 4.74 Å². The van der Waals surface area contributed by atoms with Crippen LogP contribution in [-0.4, -0.2) is 64.0 Å². The second kappa shape index (κ2) is 7.67. The Kier molecular flexibility index (Phi) is 5.35. The van der Waals surface area contributed by atoms with E-state index in [1.54, 1.807) is 28.2 Å². The molecule has 7 heteroatoms. The Hall–Kier alpha value is -2.38. The summed E-state index contributed by atoms with van der Waals surface area (Å²) in [6, 6.07) is 7.63. The lowest BCUT2D eigenvalue weighted by atomic mass is 10.1. The minimum atomic E-state index is -1.25. The van der Waals surface area contributed by atoms with E-state index < -0.39 is 5.60 Å². The number of ether oxygens (including phenoxy) is 2. The van der Waals surface area contributed by atoms with Crippen molar-refractivity contribution in [2.24, 2.45) is 0 Å². The lowest BCUT2D eigenvalue weighted by Gasteiger charge is -2.30. The van der Waals surface area contributed by atoms with Gasteiger partial charge in [-0.15, -0.1) is 0 Å². The van der Waals surface area contributed by atoms with Gasteiger partial charge in [0.2, 0.25) is 5.91 Å². The SMILES string of the molecule is Cc1ccccc1OC[C@]1(O)COCCN(C(=O)Cn2ccnc2)C1. The number of para-hydroxylation sites is 1. The van der Waals surface area contributed by atoms with Crippen molar-refractivity contribution < 1.29 is 19.4 Å². The van der Waals surface area contributed by atoms with E-state index in [-0.39, 0.29) is 32.2 Å². The number of carbonyl (C=O) groups is 1. The molecule has 1 N–H and O–H groups in total. The number of benzene rings is 1. The average Bonchev–Trinajstić information content (AvgIpc) is 3.02. The normalized spacial score (nSPS) is 21.0. The highest BCUT2D eigenvalue weighted by Crippen LogP contribution is 2.20. The zero-order chi connectivity index (χ0) is 17.7. The lowest BCUT2D eigenvalue weighted by Crippen LogP contribution is -2.50. The molecule has 0 bridgehead atoms. The predicted octanol–water partition coefficient (Wildman–Crippen LogP) is 0.860. The number of hydrogen-bond acceptors (Lipinski definition) is 5. The molecule has 0 radical (unpaired) electrons. The quantitative estimate of drug-likeness (QED) is 0.870. The minimum Gasteiger partial charge on any atom is -0.490 e. The molecular weight excluding hydrogens is 322 g/mol. The fraction of sp³-hybridized carbons (Fsp3) is 0.444. The number of hydrogen-bond donors (Lipinski definition) is 1. The van der Waals surface area contributed by atoms with Gasteiger partial charge in [0, 0.05) is 18.9 Å². The Labute approximate surface area is 146 Å². The molecular formula is C18H23N3O4. The molecule has 1 saturated heterocycles. The molecule has 1 aliphatic rings. The molecule has 1 aromatic carbocycles. The van der Waals surface area contributed by atoms with Crippen molar-refractivity contribution >= 4 is 5.91 Å². The zero-order valence-electron chi connectivity index (χ0n) is 14.3. The van der Waals surface area contributed by atoms with E-state index in [4.69, 9.17) is 9.47 Å². The smallest absolute Gasteiger partial charge is 0.242 e. The molecule has 1 fully saturated rings. The molecule has 3 rings (SSSR count). The molecule has 1 aromatic heterocycles. The van der Waals surface area contributed by atoms with Gasteiger partial charge >= 0.3 is 0 Å². The molecule has 25 heavy (non-hydrogen) atoms. The van der Waals surface area contributed by atoms with Crippen LogP contribution in [0.3, 0.4) is 0 Å². The molecule has 134 valence electrons. The van der Waals surface area contributed by atoms with Gasteiger partial charge in [-0.25, -0.2) is 4.98 Å². The summed E-state index contributed by atoms with van der Waals surface area (Å²) < 4.78 is 13.0. The third kappa shape index (κ3) is 4.58. The van der Waals surface area contributed by atoms with Crippen LogP contribution in [0, 0.1) is 6.92 Å². The molecule has 7 nitrogen and oxygen atoms in total. The Morgan fingerprint density at radius 2 is 2.28 bits per heavy atom. The number of carbonyl (C=O) groups excluding carboxylic acids is 1. The summed E-state index contributed by atoms with van der Waals surface area (Å²) in [4.78, 5) is 18.1. The van der Waals surface area contributed by atoms with Crippen LogP contribution >= 0.6 is 0 Å². The number of aromatic nitrogens is 2. The second-order valence-corrected chi connectivity index (χ2v) is 6.38. The summed E-state index contributed by atoms with van der Waals surface area (Å²) in [7, 11) is 0. The monoisotopic (exact) mass is 345 g/mol. The maximum absolute atomic E-state index is 12.5. The Bertz CT molecular complexity index is 704. The first-order valence-corrected chi connectivity index (χ1v) is 8.28. The molecule has 0 aliphatic carbocycles. The van der Waals surface area contributed by atoms with Crippen molar-refractivity contribution in [3.05, 3.63) is 48.5 Å². The van der Waals surface area contributed by atoms with Crippen LogP contribution in [0.2, 0.25) is 0 Å². The molecule has 0 unspecified atom stereocenters. The van der Waals surface area contributed by atoms with Crippen LogP contribution in [-0.2, 0) is 16.1 Å². The molecule has 2 aromatic rings. The summed E-state index contributed by atoms with van der Waals surface area (Å²) in [5.41, 5.74) is -0.252. The van der Waals surface area contributed by atoms with Crippen molar-refractivity contribution in [2.75, 3.05) is 32.9 Å². The first-order chi connectivity index (χ1) is 12.1. The first kappa shape index (κ1) is 17.4. The van der Waals surface area contributed by atoms with Gasteiger partial charge in [-0.05, 0) is 18.6 Å². The summed E-state index contributed by atoms with van der Waals surface area (Å²) in [5, 5.41) is 10.9. The summed E-state index contributed by atoms with van der Waals surface area (Å²) in [6.07, 6.45) is 4.96. The number of aryl methyl sites for hydroxylation is 1. The first-order valence-electron chi connectivity index (χ1n) is 8.28. The van der Waals surface area contributed by atoms with Crippen LogP contribution in [0.5, 0.6) is 5.75 Å². The number of rotatable bonds is 5. The van der Waals surface area contributed by atoms with Crippen molar-refractivity contribution in [1.29, 1.82) is 0 Å². The largest absolute Gasteiger partial charge is 0.490 e. The van der Waals surface area contributed by atoms with Gasteiger partial charge in [-0.2, -0.15) is 0 Å². The average molecular weight is 345 g/mol. The number of amides is 1. The predicted molar refractivity (Wildman–Crippen MR) is 91.2 cm³/mol. The topological polar surface area (TPSA) is 76.8 Å². The standard InChI is InChI=1S/C18H23N3O4/c1-15-4-2-3-5-16(15)25-13-18(23)11-21(8-9-24-12-18)17(22)10-20-7-6-19-14-20/h2-7,14,23H,8-13H2,1H3/t18-/m1/s1. The minimum absolute atomic E-state index is 0.0622. The van der Waals surface area contributed by atoms with Crippen LogP contribution in [0.4, 0.5) is 0 Å².